The molecule has 2 N–H and O–H groups in total. The third-order valence-corrected chi connectivity index (χ3v) is 3.36. The third kappa shape index (κ3) is 3.35. The molecule has 0 atom stereocenters. The summed E-state index contributed by atoms with van der Waals surface area (Å²) in [5.74, 6) is -0.332. The first-order valence-corrected chi connectivity index (χ1v) is 7.16. The van der Waals surface area contributed by atoms with Crippen molar-refractivity contribution in [3.63, 3.8) is 0 Å². The average molecular weight is 305 g/mol. The number of para-hydroxylation sites is 1. The first-order valence-electron chi connectivity index (χ1n) is 7.16. The number of carbonyl (C=O) groups excluding carboxylic acids is 2. The molecule has 5 nitrogen and oxygen atoms in total. The van der Waals surface area contributed by atoms with Crippen molar-refractivity contribution in [2.75, 3.05) is 10.6 Å². The molecule has 0 saturated carbocycles. The molecule has 3 aromatic rings. The van der Waals surface area contributed by atoms with Gasteiger partial charge in [-0.25, -0.2) is 0 Å². The molecule has 2 aromatic carbocycles. The summed E-state index contributed by atoms with van der Waals surface area (Å²) in [6.07, 6.45) is 1.62. The van der Waals surface area contributed by atoms with Crippen LogP contribution in [0.15, 0.2) is 60.8 Å². The van der Waals surface area contributed by atoms with Gasteiger partial charge in [-0.05, 0) is 36.4 Å². The number of amides is 2. The zero-order valence-corrected chi connectivity index (χ0v) is 12.5. The Bertz CT molecular complexity index is 868. The summed E-state index contributed by atoms with van der Waals surface area (Å²) in [6.45, 7) is 1.45. The minimum atomic E-state index is -0.198. The summed E-state index contributed by atoms with van der Waals surface area (Å²) >= 11 is 0. The maximum atomic E-state index is 12.5. The lowest BCUT2D eigenvalue weighted by Gasteiger charge is -2.08. The molecule has 1 aromatic heterocycles. The van der Waals surface area contributed by atoms with Crippen molar-refractivity contribution in [3.05, 3.63) is 66.4 Å². The fourth-order valence-corrected chi connectivity index (χ4v) is 2.33. The molecular weight excluding hydrogens is 290 g/mol. The van der Waals surface area contributed by atoms with E-state index in [4.69, 9.17) is 0 Å². The molecule has 0 spiro atoms. The number of rotatable bonds is 3. The highest BCUT2D eigenvalue weighted by Gasteiger charge is 2.10. The molecule has 23 heavy (non-hydrogen) atoms. The Morgan fingerprint density at radius 2 is 1.52 bits per heavy atom. The van der Waals surface area contributed by atoms with Gasteiger partial charge in [-0.15, -0.1) is 0 Å². The maximum absolute atomic E-state index is 12.5. The molecular formula is C18H15N3O2. The lowest BCUT2D eigenvalue weighted by molar-refractivity contribution is -0.114. The first kappa shape index (κ1) is 14.7. The molecule has 0 fully saturated rings. The van der Waals surface area contributed by atoms with E-state index in [9.17, 15) is 9.59 Å². The van der Waals surface area contributed by atoms with Crippen molar-refractivity contribution in [1.29, 1.82) is 0 Å². The van der Waals surface area contributed by atoms with Crippen molar-refractivity contribution < 1.29 is 9.59 Å². The van der Waals surface area contributed by atoms with Crippen LogP contribution in [0.5, 0.6) is 0 Å². The van der Waals surface area contributed by atoms with Crippen molar-refractivity contribution in [2.24, 2.45) is 0 Å². The number of nitrogens with one attached hydrogen (secondary N) is 2. The lowest BCUT2D eigenvalue weighted by atomic mass is 10.1. The summed E-state index contributed by atoms with van der Waals surface area (Å²) < 4.78 is 0. The predicted molar refractivity (Wildman–Crippen MR) is 90.4 cm³/mol. The minimum absolute atomic E-state index is 0.134. The van der Waals surface area contributed by atoms with Crippen LogP contribution in [-0.2, 0) is 4.79 Å². The number of hydrogen-bond acceptors (Lipinski definition) is 3. The Labute approximate surface area is 133 Å². The van der Waals surface area contributed by atoms with E-state index in [2.05, 4.69) is 15.6 Å². The van der Waals surface area contributed by atoms with Gasteiger partial charge in [0.05, 0.1) is 11.1 Å². The van der Waals surface area contributed by atoms with E-state index >= 15 is 0 Å². The molecule has 5 heteroatoms. The molecule has 0 radical (unpaired) electrons. The highest BCUT2D eigenvalue weighted by atomic mass is 16.2. The second-order valence-corrected chi connectivity index (χ2v) is 5.09. The number of nitrogens with zero attached hydrogens (tertiary/aromatic N) is 1. The summed E-state index contributed by atoms with van der Waals surface area (Å²) in [5, 5.41) is 6.34. The molecule has 0 saturated heterocycles. The summed E-state index contributed by atoms with van der Waals surface area (Å²) in [5.41, 5.74) is 2.69. The number of hydrogen-bond donors (Lipinski definition) is 2. The van der Waals surface area contributed by atoms with Crippen molar-refractivity contribution >= 4 is 34.1 Å². The first-order chi connectivity index (χ1) is 11.1. The Morgan fingerprint density at radius 3 is 2.22 bits per heavy atom. The third-order valence-electron chi connectivity index (χ3n) is 3.36. The van der Waals surface area contributed by atoms with E-state index in [0.29, 0.717) is 16.9 Å². The quantitative estimate of drug-likeness (QED) is 0.778. The monoisotopic (exact) mass is 305 g/mol. The molecule has 114 valence electrons. The standard InChI is InChI=1S/C18H15N3O2/c1-12(22)20-13-6-8-14(9-7-13)21-18(23)16-10-11-19-17-5-3-2-4-15(16)17/h2-11H,1H3,(H,20,22)(H,21,23). The van der Waals surface area contributed by atoms with Crippen molar-refractivity contribution in [3.8, 4) is 0 Å². The van der Waals surface area contributed by atoms with Crippen molar-refractivity contribution in [2.45, 2.75) is 6.92 Å². The van der Waals surface area contributed by atoms with Crippen LogP contribution >= 0.6 is 0 Å². The van der Waals surface area contributed by atoms with Gasteiger partial charge in [-0.2, -0.15) is 0 Å². The van der Waals surface area contributed by atoms with Gasteiger partial charge in [0, 0.05) is 29.9 Å². The number of aromatic nitrogens is 1. The average Bonchev–Trinajstić information content (AvgIpc) is 2.55. The normalized spacial score (nSPS) is 10.3. The molecule has 0 aliphatic rings. The Hall–Kier alpha value is -3.21. The van der Waals surface area contributed by atoms with E-state index in [0.717, 1.165) is 10.9 Å². The topological polar surface area (TPSA) is 71.1 Å². The van der Waals surface area contributed by atoms with E-state index in [1.807, 2.05) is 24.3 Å². The Balaban J connectivity index is 1.82. The van der Waals surface area contributed by atoms with Crippen LogP contribution in [0.1, 0.15) is 17.3 Å². The molecule has 2 amide bonds. The summed E-state index contributed by atoms with van der Waals surface area (Å²) in [7, 11) is 0. The molecule has 0 aliphatic heterocycles. The van der Waals surface area contributed by atoms with Gasteiger partial charge in [0.25, 0.3) is 5.91 Å². The number of pyridine rings is 1. The van der Waals surface area contributed by atoms with Crippen LogP contribution in [0.25, 0.3) is 10.9 Å². The number of anilines is 2. The highest BCUT2D eigenvalue weighted by Crippen LogP contribution is 2.19. The predicted octanol–water partition coefficient (Wildman–Crippen LogP) is 3.45. The van der Waals surface area contributed by atoms with Gasteiger partial charge >= 0.3 is 0 Å². The maximum Gasteiger partial charge on any atom is 0.256 e. The van der Waals surface area contributed by atoms with Gasteiger partial charge < -0.3 is 10.6 Å². The zero-order chi connectivity index (χ0) is 16.2. The fourth-order valence-electron chi connectivity index (χ4n) is 2.33. The fraction of sp³-hybridized carbons (Fsp3) is 0.0556. The van der Waals surface area contributed by atoms with Gasteiger partial charge in [0.2, 0.25) is 5.91 Å². The number of fused-ring (bicyclic) bond motifs is 1. The van der Waals surface area contributed by atoms with Crippen LogP contribution in [0.4, 0.5) is 11.4 Å². The van der Waals surface area contributed by atoms with E-state index in [-0.39, 0.29) is 11.8 Å². The Kier molecular flexibility index (Phi) is 4.01. The smallest absolute Gasteiger partial charge is 0.256 e. The Morgan fingerprint density at radius 1 is 0.870 bits per heavy atom. The van der Waals surface area contributed by atoms with E-state index in [1.165, 1.54) is 6.92 Å². The van der Waals surface area contributed by atoms with Crippen LogP contribution in [0.3, 0.4) is 0 Å². The lowest BCUT2D eigenvalue weighted by Crippen LogP contribution is -2.12. The molecule has 3 rings (SSSR count). The molecule has 1 heterocycles. The highest BCUT2D eigenvalue weighted by molar-refractivity contribution is 6.12. The van der Waals surface area contributed by atoms with E-state index < -0.39 is 0 Å². The van der Waals surface area contributed by atoms with Gasteiger partial charge in [0.1, 0.15) is 0 Å². The molecule has 0 aliphatic carbocycles. The summed E-state index contributed by atoms with van der Waals surface area (Å²) in [4.78, 5) is 27.7. The van der Waals surface area contributed by atoms with Gasteiger partial charge in [0.15, 0.2) is 0 Å². The largest absolute Gasteiger partial charge is 0.326 e. The van der Waals surface area contributed by atoms with Crippen LogP contribution in [0.2, 0.25) is 0 Å². The van der Waals surface area contributed by atoms with Crippen LogP contribution in [0, 0.1) is 0 Å². The number of carbonyl (C=O) groups is 2. The summed E-state index contributed by atoms with van der Waals surface area (Å²) in [6, 6.07) is 16.2. The minimum Gasteiger partial charge on any atom is -0.326 e. The second-order valence-electron chi connectivity index (χ2n) is 5.09. The van der Waals surface area contributed by atoms with Crippen LogP contribution in [-0.4, -0.2) is 16.8 Å². The molecule has 0 unspecified atom stereocenters. The van der Waals surface area contributed by atoms with E-state index in [1.54, 1.807) is 36.5 Å². The van der Waals surface area contributed by atoms with Crippen LogP contribution < -0.4 is 10.6 Å². The zero-order valence-electron chi connectivity index (χ0n) is 12.5. The van der Waals surface area contributed by atoms with Gasteiger partial charge in [-0.3, -0.25) is 14.6 Å². The molecule has 0 bridgehead atoms. The van der Waals surface area contributed by atoms with Crippen molar-refractivity contribution in [1.82, 2.24) is 4.98 Å². The number of benzene rings is 2. The van der Waals surface area contributed by atoms with Gasteiger partial charge in [-0.1, -0.05) is 18.2 Å². The SMILES string of the molecule is CC(=O)Nc1ccc(NC(=O)c2ccnc3ccccc23)cc1. The second kappa shape index (κ2) is 6.27.